The standard InChI is InChI=1S/C30H51NO4/c1-21-6-4-8-25(16-21)31-18-28(35-29(31)32)20-33-26-9-5-7-24(17-26)30(2,3)23-13-10-22(11-14-23)12-15-27-19-34-27/h21-28H,4-20H2,1-3H3. The molecule has 2 saturated heterocycles. The first-order chi connectivity index (χ1) is 16.9. The van der Waals surface area contributed by atoms with Crippen LogP contribution in [0.1, 0.15) is 111 Å². The number of carbonyl (C=O) groups is 1. The van der Waals surface area contributed by atoms with Gasteiger partial charge in [-0.3, -0.25) is 0 Å². The van der Waals surface area contributed by atoms with Crippen LogP contribution in [0.5, 0.6) is 0 Å². The van der Waals surface area contributed by atoms with Crippen molar-refractivity contribution in [3.05, 3.63) is 0 Å². The third-order valence-corrected chi connectivity index (χ3v) is 10.6. The largest absolute Gasteiger partial charge is 0.442 e. The number of ether oxygens (including phenoxy) is 3. The first kappa shape index (κ1) is 25.8. The Morgan fingerprint density at radius 1 is 0.914 bits per heavy atom. The lowest BCUT2D eigenvalue weighted by Gasteiger charge is -2.47. The van der Waals surface area contributed by atoms with Crippen molar-refractivity contribution in [1.29, 1.82) is 0 Å². The van der Waals surface area contributed by atoms with Gasteiger partial charge in [0.2, 0.25) is 0 Å². The SMILES string of the molecule is CC1CCCC(N2CC(COC3CCCC(C(C)(C)C4CCC(CCC5CO5)CC4)C3)OC2=O)C1. The van der Waals surface area contributed by atoms with Gasteiger partial charge in [-0.2, -0.15) is 0 Å². The fourth-order valence-electron chi connectivity index (χ4n) is 8.01. The first-order valence-electron chi connectivity index (χ1n) is 15.1. The van der Waals surface area contributed by atoms with E-state index >= 15 is 0 Å². The van der Waals surface area contributed by atoms with Gasteiger partial charge in [-0.1, -0.05) is 52.9 Å². The van der Waals surface area contributed by atoms with Gasteiger partial charge in [0.1, 0.15) is 6.10 Å². The van der Waals surface area contributed by atoms with E-state index in [0.717, 1.165) is 43.6 Å². The Labute approximate surface area is 214 Å². The summed E-state index contributed by atoms with van der Waals surface area (Å²) in [5.74, 6) is 3.24. The maximum Gasteiger partial charge on any atom is 0.410 e. The minimum Gasteiger partial charge on any atom is -0.442 e. The zero-order chi connectivity index (χ0) is 24.4. The maximum absolute atomic E-state index is 12.5. The molecule has 3 saturated carbocycles. The summed E-state index contributed by atoms with van der Waals surface area (Å²) in [5, 5.41) is 0. The average Bonchev–Trinajstić information content (AvgIpc) is 3.62. The number of rotatable bonds is 9. The molecule has 2 aliphatic heterocycles. The Morgan fingerprint density at radius 2 is 1.69 bits per heavy atom. The Hall–Kier alpha value is -0.810. The van der Waals surface area contributed by atoms with E-state index in [1.54, 1.807) is 0 Å². The third kappa shape index (κ3) is 6.55. The van der Waals surface area contributed by atoms with Gasteiger partial charge in [0, 0.05) is 6.04 Å². The summed E-state index contributed by atoms with van der Waals surface area (Å²) in [6.45, 7) is 9.70. The summed E-state index contributed by atoms with van der Waals surface area (Å²) < 4.78 is 17.6. The van der Waals surface area contributed by atoms with Gasteiger partial charge in [-0.05, 0) is 86.9 Å². The lowest BCUT2D eigenvalue weighted by atomic mass is 9.59. The zero-order valence-electron chi connectivity index (χ0n) is 22.7. The highest BCUT2D eigenvalue weighted by atomic mass is 16.6. The van der Waals surface area contributed by atoms with Crippen molar-refractivity contribution >= 4 is 6.09 Å². The summed E-state index contributed by atoms with van der Waals surface area (Å²) >= 11 is 0. The molecule has 5 heteroatoms. The third-order valence-electron chi connectivity index (χ3n) is 10.6. The van der Waals surface area contributed by atoms with E-state index in [4.69, 9.17) is 14.2 Å². The second-order valence-electron chi connectivity index (χ2n) is 13.5. The predicted octanol–water partition coefficient (Wildman–Crippen LogP) is 6.97. The van der Waals surface area contributed by atoms with Crippen LogP contribution in [0.4, 0.5) is 4.79 Å². The van der Waals surface area contributed by atoms with E-state index in [9.17, 15) is 4.79 Å². The van der Waals surface area contributed by atoms with E-state index in [1.165, 1.54) is 70.6 Å². The van der Waals surface area contributed by atoms with Crippen LogP contribution in [0, 0.1) is 29.1 Å². The molecule has 0 aromatic carbocycles. The van der Waals surface area contributed by atoms with E-state index < -0.39 is 0 Å². The van der Waals surface area contributed by atoms with Crippen molar-refractivity contribution in [3.8, 4) is 0 Å². The molecule has 5 nitrogen and oxygen atoms in total. The number of amides is 1. The molecule has 1 amide bonds. The number of hydrogen-bond acceptors (Lipinski definition) is 4. The summed E-state index contributed by atoms with van der Waals surface area (Å²) in [6.07, 6.45) is 18.7. The number of carbonyl (C=O) groups excluding carboxylic acids is 1. The smallest absolute Gasteiger partial charge is 0.410 e. The van der Waals surface area contributed by atoms with Gasteiger partial charge in [-0.15, -0.1) is 0 Å². The molecule has 0 aromatic rings. The highest BCUT2D eigenvalue weighted by Crippen LogP contribution is 2.50. The van der Waals surface area contributed by atoms with Crippen LogP contribution in [-0.4, -0.2) is 55.1 Å². The minimum atomic E-state index is -0.111. The van der Waals surface area contributed by atoms with Crippen LogP contribution >= 0.6 is 0 Å². The van der Waals surface area contributed by atoms with Gasteiger partial charge >= 0.3 is 6.09 Å². The van der Waals surface area contributed by atoms with Crippen molar-refractivity contribution in [2.24, 2.45) is 29.1 Å². The van der Waals surface area contributed by atoms with Gasteiger partial charge < -0.3 is 19.1 Å². The molecule has 35 heavy (non-hydrogen) atoms. The second-order valence-corrected chi connectivity index (χ2v) is 13.5. The van der Waals surface area contributed by atoms with E-state index in [1.807, 2.05) is 4.90 Å². The highest BCUT2D eigenvalue weighted by molar-refractivity contribution is 5.70. The van der Waals surface area contributed by atoms with Crippen molar-refractivity contribution in [3.63, 3.8) is 0 Å². The number of nitrogens with zero attached hydrogens (tertiary/aromatic N) is 1. The second kappa shape index (κ2) is 11.3. The molecular formula is C30H51NO4. The molecule has 0 radical (unpaired) electrons. The Morgan fingerprint density at radius 3 is 2.43 bits per heavy atom. The molecule has 3 aliphatic carbocycles. The Kier molecular flexibility index (Phi) is 8.33. The molecular weight excluding hydrogens is 438 g/mol. The molecule has 0 spiro atoms. The lowest BCUT2D eigenvalue weighted by molar-refractivity contribution is -0.0517. The van der Waals surface area contributed by atoms with Crippen molar-refractivity contribution in [2.45, 2.75) is 135 Å². The van der Waals surface area contributed by atoms with Crippen molar-refractivity contribution in [2.75, 3.05) is 19.8 Å². The normalized spacial score (nSPS) is 40.5. The van der Waals surface area contributed by atoms with Gasteiger partial charge in [0.05, 0.1) is 32.0 Å². The summed E-state index contributed by atoms with van der Waals surface area (Å²) in [5.41, 5.74) is 0.390. The topological polar surface area (TPSA) is 51.3 Å². The monoisotopic (exact) mass is 489 g/mol. The van der Waals surface area contributed by atoms with Crippen LogP contribution in [0.15, 0.2) is 0 Å². The van der Waals surface area contributed by atoms with Crippen LogP contribution in [-0.2, 0) is 14.2 Å². The van der Waals surface area contributed by atoms with E-state index in [0.29, 0.717) is 42.7 Å². The molecule has 5 rings (SSSR count). The van der Waals surface area contributed by atoms with Crippen molar-refractivity contribution in [1.82, 2.24) is 4.90 Å². The molecule has 2 heterocycles. The van der Waals surface area contributed by atoms with Crippen LogP contribution < -0.4 is 0 Å². The molecule has 5 fully saturated rings. The average molecular weight is 490 g/mol. The molecule has 0 bridgehead atoms. The molecule has 6 atom stereocenters. The quantitative estimate of drug-likeness (QED) is 0.328. The van der Waals surface area contributed by atoms with Crippen molar-refractivity contribution < 1.29 is 19.0 Å². The number of hydrogen-bond donors (Lipinski definition) is 0. The fourth-order valence-corrected chi connectivity index (χ4v) is 8.01. The highest BCUT2D eigenvalue weighted by Gasteiger charge is 2.42. The summed E-state index contributed by atoms with van der Waals surface area (Å²) in [4.78, 5) is 14.5. The predicted molar refractivity (Wildman–Crippen MR) is 138 cm³/mol. The van der Waals surface area contributed by atoms with Crippen LogP contribution in [0.25, 0.3) is 0 Å². The molecule has 200 valence electrons. The maximum atomic E-state index is 12.5. The first-order valence-corrected chi connectivity index (χ1v) is 15.1. The molecule has 0 N–H and O–H groups in total. The molecule has 6 unspecified atom stereocenters. The lowest BCUT2D eigenvalue weighted by Crippen LogP contribution is -2.40. The molecule has 0 aromatic heterocycles. The van der Waals surface area contributed by atoms with Crippen LogP contribution in [0.3, 0.4) is 0 Å². The number of cyclic esters (lactones) is 1. The van der Waals surface area contributed by atoms with Gasteiger partial charge in [-0.25, -0.2) is 4.79 Å². The van der Waals surface area contributed by atoms with Gasteiger partial charge in [0.15, 0.2) is 0 Å². The minimum absolute atomic E-state index is 0.0931. The van der Waals surface area contributed by atoms with Gasteiger partial charge in [0.25, 0.3) is 0 Å². The van der Waals surface area contributed by atoms with E-state index in [-0.39, 0.29) is 12.2 Å². The Balaban J connectivity index is 1.06. The summed E-state index contributed by atoms with van der Waals surface area (Å²) in [7, 11) is 0. The van der Waals surface area contributed by atoms with Crippen LogP contribution in [0.2, 0.25) is 0 Å². The fraction of sp³-hybridized carbons (Fsp3) is 0.967. The summed E-state index contributed by atoms with van der Waals surface area (Å²) in [6, 6.07) is 0.369. The zero-order valence-corrected chi connectivity index (χ0v) is 22.7. The Bertz CT molecular complexity index is 698. The molecule has 5 aliphatic rings. The van der Waals surface area contributed by atoms with E-state index in [2.05, 4.69) is 20.8 Å². The number of epoxide rings is 1.